The van der Waals surface area contributed by atoms with Crippen molar-refractivity contribution in [2.24, 2.45) is 0 Å². The molecule has 0 radical (unpaired) electrons. The summed E-state index contributed by atoms with van der Waals surface area (Å²) in [6, 6.07) is 5.50. The second-order valence-electron chi connectivity index (χ2n) is 3.12. The minimum atomic E-state index is 0. The fraction of sp³-hybridized carbons (Fsp3) is 0.444. The molecule has 1 N–H and O–H groups in total. The fourth-order valence-corrected chi connectivity index (χ4v) is 1.56. The molecular formula is C9H15Cl2N3O. The van der Waals surface area contributed by atoms with Crippen LogP contribution in [0.1, 0.15) is 0 Å². The normalized spacial score (nSPS) is 15.1. The Morgan fingerprint density at radius 1 is 1.20 bits per heavy atom. The Morgan fingerprint density at radius 2 is 1.87 bits per heavy atom. The second-order valence-corrected chi connectivity index (χ2v) is 3.12. The molecule has 1 aliphatic rings. The lowest BCUT2D eigenvalue weighted by Gasteiger charge is -2.24. The largest absolute Gasteiger partial charge is 0.711 e. The highest BCUT2D eigenvalue weighted by molar-refractivity contribution is 5.85. The molecular weight excluding hydrogens is 237 g/mol. The lowest BCUT2D eigenvalue weighted by atomic mass is 10.3. The third-order valence-electron chi connectivity index (χ3n) is 2.24. The van der Waals surface area contributed by atoms with Gasteiger partial charge in [-0.15, -0.1) is 24.8 Å². The van der Waals surface area contributed by atoms with Crippen LogP contribution in [0.5, 0.6) is 0 Å². The molecule has 1 saturated heterocycles. The van der Waals surface area contributed by atoms with Gasteiger partial charge in [0.15, 0.2) is 0 Å². The van der Waals surface area contributed by atoms with Gasteiger partial charge in [0, 0.05) is 19.2 Å². The number of nitrogens with one attached hydrogen (secondary N) is 1. The van der Waals surface area contributed by atoms with E-state index in [0.29, 0.717) is 0 Å². The molecule has 0 bridgehead atoms. The van der Waals surface area contributed by atoms with E-state index in [1.54, 1.807) is 6.07 Å². The molecule has 0 aliphatic carbocycles. The SMILES string of the molecule is Cl.Cl.[O-][n+]1ccccc1N1CCNCC1. The van der Waals surface area contributed by atoms with Crippen molar-refractivity contribution in [2.75, 3.05) is 31.1 Å². The molecule has 4 nitrogen and oxygen atoms in total. The monoisotopic (exact) mass is 251 g/mol. The van der Waals surface area contributed by atoms with E-state index in [1.807, 2.05) is 12.1 Å². The van der Waals surface area contributed by atoms with E-state index in [0.717, 1.165) is 36.7 Å². The maximum atomic E-state index is 11.4. The highest BCUT2D eigenvalue weighted by Crippen LogP contribution is 2.07. The number of hydrogen-bond acceptors (Lipinski definition) is 3. The summed E-state index contributed by atoms with van der Waals surface area (Å²) >= 11 is 0. The van der Waals surface area contributed by atoms with Crippen LogP contribution in [0.2, 0.25) is 0 Å². The van der Waals surface area contributed by atoms with Gasteiger partial charge in [0.1, 0.15) is 0 Å². The quantitative estimate of drug-likeness (QED) is 0.587. The lowest BCUT2D eigenvalue weighted by Crippen LogP contribution is -2.48. The van der Waals surface area contributed by atoms with Gasteiger partial charge in [-0.1, -0.05) is 6.07 Å². The van der Waals surface area contributed by atoms with Crippen molar-refractivity contribution < 1.29 is 4.73 Å². The van der Waals surface area contributed by atoms with Crippen LogP contribution >= 0.6 is 24.8 Å². The number of piperazine rings is 1. The summed E-state index contributed by atoms with van der Waals surface area (Å²) in [5.41, 5.74) is 0. The molecule has 0 unspecified atom stereocenters. The number of hydrogen-bond donors (Lipinski definition) is 1. The third kappa shape index (κ3) is 3.41. The zero-order chi connectivity index (χ0) is 9.10. The highest BCUT2D eigenvalue weighted by atomic mass is 35.5. The number of pyridine rings is 1. The van der Waals surface area contributed by atoms with Crippen LogP contribution < -0.4 is 14.9 Å². The molecule has 1 aromatic heterocycles. The Hall–Kier alpha value is -0.710. The molecule has 1 fully saturated rings. The first-order chi connectivity index (χ1) is 6.38. The maximum absolute atomic E-state index is 11.4. The number of rotatable bonds is 1. The molecule has 2 rings (SSSR count). The van der Waals surface area contributed by atoms with Crippen molar-refractivity contribution in [3.05, 3.63) is 29.6 Å². The fourth-order valence-electron chi connectivity index (χ4n) is 1.56. The van der Waals surface area contributed by atoms with E-state index in [2.05, 4.69) is 10.2 Å². The van der Waals surface area contributed by atoms with Crippen molar-refractivity contribution in [3.63, 3.8) is 0 Å². The molecule has 1 aromatic rings. The average molecular weight is 252 g/mol. The van der Waals surface area contributed by atoms with Gasteiger partial charge in [-0.2, -0.15) is 0 Å². The topological polar surface area (TPSA) is 42.2 Å². The summed E-state index contributed by atoms with van der Waals surface area (Å²) in [4.78, 5) is 2.10. The van der Waals surface area contributed by atoms with Gasteiger partial charge in [-0.25, -0.2) is 4.73 Å². The Labute approximate surface area is 102 Å². The molecule has 0 saturated carbocycles. The van der Waals surface area contributed by atoms with Crippen LogP contribution in [-0.4, -0.2) is 26.2 Å². The maximum Gasteiger partial charge on any atom is 0.279 e. The predicted octanol–water partition coefficient (Wildman–Crippen LogP) is 0.573. The molecule has 0 atom stereocenters. The first kappa shape index (κ1) is 14.3. The van der Waals surface area contributed by atoms with Gasteiger partial charge in [0.05, 0.1) is 19.3 Å². The summed E-state index contributed by atoms with van der Waals surface area (Å²) in [7, 11) is 0. The van der Waals surface area contributed by atoms with Gasteiger partial charge < -0.3 is 10.5 Å². The number of nitrogens with zero attached hydrogens (tertiary/aromatic N) is 2. The Bertz CT molecular complexity index is 292. The average Bonchev–Trinajstić information content (AvgIpc) is 2.20. The Balaban J connectivity index is 0.000000980. The number of aromatic nitrogens is 1. The summed E-state index contributed by atoms with van der Waals surface area (Å²) in [5, 5.41) is 14.6. The Morgan fingerprint density at radius 3 is 2.47 bits per heavy atom. The van der Waals surface area contributed by atoms with Crippen molar-refractivity contribution >= 4 is 30.6 Å². The van der Waals surface area contributed by atoms with E-state index in [-0.39, 0.29) is 24.8 Å². The van der Waals surface area contributed by atoms with Crippen LogP contribution in [0.15, 0.2) is 24.4 Å². The van der Waals surface area contributed by atoms with Crippen molar-refractivity contribution in [1.82, 2.24) is 5.32 Å². The summed E-state index contributed by atoms with van der Waals surface area (Å²) in [6.45, 7) is 3.72. The van der Waals surface area contributed by atoms with E-state index in [9.17, 15) is 5.21 Å². The molecule has 2 heterocycles. The van der Waals surface area contributed by atoms with Gasteiger partial charge >= 0.3 is 0 Å². The molecule has 0 amide bonds. The summed E-state index contributed by atoms with van der Waals surface area (Å²) < 4.78 is 0.922. The number of halogens is 2. The molecule has 0 spiro atoms. The van der Waals surface area contributed by atoms with E-state index in [1.165, 1.54) is 6.20 Å². The first-order valence-corrected chi connectivity index (χ1v) is 4.52. The second kappa shape index (κ2) is 6.71. The molecule has 0 aromatic carbocycles. The van der Waals surface area contributed by atoms with Crippen LogP contribution in [0.4, 0.5) is 5.82 Å². The molecule has 86 valence electrons. The lowest BCUT2D eigenvalue weighted by molar-refractivity contribution is -0.592. The van der Waals surface area contributed by atoms with Crippen LogP contribution in [0.25, 0.3) is 0 Å². The van der Waals surface area contributed by atoms with E-state index < -0.39 is 0 Å². The zero-order valence-corrected chi connectivity index (χ0v) is 9.89. The summed E-state index contributed by atoms with van der Waals surface area (Å²) in [6.07, 6.45) is 1.54. The molecule has 15 heavy (non-hydrogen) atoms. The standard InChI is InChI=1S/C9H13N3O.2ClH/c13-12-6-2-1-3-9(12)11-7-4-10-5-8-11;;/h1-3,6,10H,4-5,7-8H2;2*1H. The van der Waals surface area contributed by atoms with Crippen molar-refractivity contribution in [3.8, 4) is 0 Å². The van der Waals surface area contributed by atoms with Crippen molar-refractivity contribution in [2.45, 2.75) is 0 Å². The van der Waals surface area contributed by atoms with Crippen LogP contribution in [-0.2, 0) is 0 Å². The third-order valence-corrected chi connectivity index (χ3v) is 2.24. The van der Waals surface area contributed by atoms with E-state index >= 15 is 0 Å². The smallest absolute Gasteiger partial charge is 0.279 e. The minimum absolute atomic E-state index is 0. The first-order valence-electron chi connectivity index (χ1n) is 4.52. The van der Waals surface area contributed by atoms with Crippen molar-refractivity contribution in [1.29, 1.82) is 0 Å². The summed E-state index contributed by atoms with van der Waals surface area (Å²) in [5.74, 6) is 0.754. The van der Waals surface area contributed by atoms with Crippen LogP contribution in [0.3, 0.4) is 0 Å². The zero-order valence-electron chi connectivity index (χ0n) is 8.26. The number of anilines is 1. The minimum Gasteiger partial charge on any atom is -0.711 e. The van der Waals surface area contributed by atoms with E-state index in [4.69, 9.17) is 0 Å². The highest BCUT2D eigenvalue weighted by Gasteiger charge is 2.18. The van der Waals surface area contributed by atoms with Gasteiger partial charge in [0.25, 0.3) is 5.82 Å². The molecule has 1 aliphatic heterocycles. The van der Waals surface area contributed by atoms with Gasteiger partial charge in [-0.05, 0) is 6.07 Å². The Kier molecular flexibility index (Phi) is 6.40. The predicted molar refractivity (Wildman–Crippen MR) is 65.0 cm³/mol. The molecule has 6 heteroatoms. The van der Waals surface area contributed by atoms with Gasteiger partial charge in [-0.3, -0.25) is 4.90 Å². The van der Waals surface area contributed by atoms with Crippen LogP contribution in [0, 0.1) is 5.21 Å². The van der Waals surface area contributed by atoms with Gasteiger partial charge in [0.2, 0.25) is 0 Å².